The summed E-state index contributed by atoms with van der Waals surface area (Å²) in [6.07, 6.45) is 0.887. The molecule has 1 N–H and O–H groups in total. The lowest BCUT2D eigenvalue weighted by molar-refractivity contribution is -0.149. The van der Waals surface area contributed by atoms with Crippen LogP contribution in [0.1, 0.15) is 31.7 Å². The van der Waals surface area contributed by atoms with Gasteiger partial charge >= 0.3 is 0 Å². The van der Waals surface area contributed by atoms with Crippen LogP contribution in [0, 0.1) is 5.92 Å². The second-order valence-corrected chi connectivity index (χ2v) is 13.8. The van der Waals surface area contributed by atoms with Crippen LogP contribution in [-0.4, -0.2) is 62.6 Å². The molecule has 2 saturated heterocycles. The zero-order valence-corrected chi connectivity index (χ0v) is 20.2. The summed E-state index contributed by atoms with van der Waals surface area (Å²) in [5, 5.41) is 10.1. The molecule has 1 aromatic carbocycles. The second-order valence-electron chi connectivity index (χ2n) is 9.57. The van der Waals surface area contributed by atoms with Crippen molar-refractivity contribution < 1.29 is 23.5 Å². The third kappa shape index (κ3) is 3.42. The molecule has 3 heterocycles. The first kappa shape index (κ1) is 22.7. The molecule has 0 saturated carbocycles. The van der Waals surface area contributed by atoms with Crippen LogP contribution in [0.25, 0.3) is 0 Å². The normalized spacial score (nSPS) is 32.9. The highest BCUT2D eigenvalue weighted by molar-refractivity contribution is 6.72. The fourth-order valence-electron chi connectivity index (χ4n) is 5.97. The van der Waals surface area contributed by atoms with Gasteiger partial charge in [-0.1, -0.05) is 18.5 Å². The minimum atomic E-state index is -3.31. The fourth-order valence-corrected chi connectivity index (χ4v) is 8.63. The first-order valence-corrected chi connectivity index (χ1v) is 14.2. The maximum Gasteiger partial charge on any atom is 0.264 e. The molecule has 1 spiro atoms. The summed E-state index contributed by atoms with van der Waals surface area (Å²) in [5.74, 6) is -0.845. The monoisotopic (exact) mass is 468 g/mol. The van der Waals surface area contributed by atoms with Crippen LogP contribution in [0.2, 0.25) is 23.7 Å². The molecule has 9 heteroatoms. The molecule has 4 rings (SSSR count). The fraction of sp³-hybridized carbons (Fsp3) is 0.636. The van der Waals surface area contributed by atoms with Crippen LogP contribution < -0.4 is 4.90 Å². The van der Waals surface area contributed by atoms with E-state index in [1.807, 2.05) is 6.92 Å². The minimum absolute atomic E-state index is 0.000496. The van der Waals surface area contributed by atoms with Gasteiger partial charge in [-0.05, 0) is 44.1 Å². The summed E-state index contributed by atoms with van der Waals surface area (Å²) in [7, 11) is -1.63. The Morgan fingerprint density at radius 3 is 2.77 bits per heavy atom. The molecule has 3 aliphatic rings. The van der Waals surface area contributed by atoms with E-state index < -0.39 is 31.6 Å². The zero-order chi connectivity index (χ0) is 22.7. The number of likely N-dealkylation sites (N-methyl/N-ethyl adjacent to an activating group) is 1. The van der Waals surface area contributed by atoms with Gasteiger partial charge in [-0.25, -0.2) is 0 Å². The van der Waals surface area contributed by atoms with Gasteiger partial charge in [0.2, 0.25) is 14.3 Å². The molecule has 31 heavy (non-hydrogen) atoms. The lowest BCUT2D eigenvalue weighted by atomic mass is 9.82. The first-order valence-electron chi connectivity index (χ1n) is 10.9. The van der Waals surface area contributed by atoms with Gasteiger partial charge in [0.15, 0.2) is 5.60 Å². The molecule has 5 atom stereocenters. The molecule has 6 nitrogen and oxygen atoms in total. The van der Waals surface area contributed by atoms with Gasteiger partial charge < -0.3 is 23.8 Å². The predicted octanol–water partition coefficient (Wildman–Crippen LogP) is 3.46. The molecule has 3 aliphatic heterocycles. The topological polar surface area (TPSA) is 70.1 Å². The number of carbonyl (C=O) groups is 2. The lowest BCUT2D eigenvalue weighted by Gasteiger charge is -2.31. The maximum atomic E-state index is 15.6. The van der Waals surface area contributed by atoms with Crippen LogP contribution in [0.4, 0.5) is 9.80 Å². The number of rotatable bonds is 4. The van der Waals surface area contributed by atoms with E-state index in [-0.39, 0.29) is 30.9 Å². The van der Waals surface area contributed by atoms with E-state index in [1.165, 1.54) is 0 Å². The lowest BCUT2D eigenvalue weighted by Crippen LogP contribution is -2.44. The third-order valence-corrected chi connectivity index (χ3v) is 10.0. The Hall–Kier alpha value is -1.48. The third-order valence-electron chi connectivity index (χ3n) is 7.34. The average molecular weight is 469 g/mol. The number of ether oxygens (including phenoxy) is 1. The molecule has 0 aliphatic carbocycles. The summed E-state index contributed by atoms with van der Waals surface area (Å²) in [5.41, 5.74) is -0.533. The number of carbonyl (C=O) groups excluding carboxylic acids is 2. The Balaban J connectivity index is 1.73. The number of amides is 2. The van der Waals surface area contributed by atoms with E-state index >= 15 is 4.11 Å². The van der Waals surface area contributed by atoms with Crippen molar-refractivity contribution >= 4 is 37.5 Å². The van der Waals surface area contributed by atoms with Crippen molar-refractivity contribution in [3.63, 3.8) is 0 Å². The van der Waals surface area contributed by atoms with Crippen LogP contribution in [-0.2, 0) is 19.9 Å². The average Bonchev–Trinajstić information content (AvgIpc) is 3.33. The van der Waals surface area contributed by atoms with Gasteiger partial charge in [-0.15, -0.1) is 0 Å². The van der Waals surface area contributed by atoms with E-state index in [2.05, 4.69) is 0 Å². The molecule has 0 radical (unpaired) electrons. The Labute approximate surface area is 188 Å². The Morgan fingerprint density at radius 2 is 2.13 bits per heavy atom. The molecule has 0 unspecified atom stereocenters. The highest BCUT2D eigenvalue weighted by Crippen LogP contribution is 2.60. The largest absolute Gasteiger partial charge is 0.394 e. The van der Waals surface area contributed by atoms with Gasteiger partial charge in [0.1, 0.15) is 0 Å². The Bertz CT molecular complexity index is 910. The molecule has 170 valence electrons. The molecular weight excluding hydrogens is 439 g/mol. The van der Waals surface area contributed by atoms with Crippen LogP contribution in [0.15, 0.2) is 18.2 Å². The Kier molecular flexibility index (Phi) is 5.73. The number of aliphatic hydroxyl groups excluding tert-OH is 1. The minimum Gasteiger partial charge on any atom is -0.394 e. The number of anilines is 1. The van der Waals surface area contributed by atoms with Gasteiger partial charge in [0, 0.05) is 35.6 Å². The number of hydrogen-bond acceptors (Lipinski definition) is 4. The highest BCUT2D eigenvalue weighted by atomic mass is 35.5. The molecule has 2 fully saturated rings. The van der Waals surface area contributed by atoms with E-state index in [4.69, 9.17) is 16.3 Å². The molecular formula is C22H30ClFN2O4Si. The van der Waals surface area contributed by atoms with E-state index in [0.29, 0.717) is 22.8 Å². The standard InChI is InChI=1S/C22H30ClFN2O4Si/c1-13-20(31(3,4)24)18(11-19(28)26-9-5-6-15(26)12-27)30-22(13)16-10-14(23)7-8-17(16)25(2)21(22)29/h7-8,10,13,15,18,20,27H,5-6,9,11-12H2,1-4H3/t13-,15-,18+,20-,22+/m0/s1. The van der Waals surface area contributed by atoms with Gasteiger partial charge in [-0.2, -0.15) is 0 Å². The van der Waals surface area contributed by atoms with Crippen molar-refractivity contribution in [3.05, 3.63) is 28.8 Å². The number of fused-ring (bicyclic) bond motifs is 2. The SMILES string of the molecule is C[C@H]1[C@H]([Si](C)(C)F)[C@@H](CC(=O)N2CCC[C@H]2CO)O[C@]12C(=O)N(C)c1ccc(Cl)cc12. The van der Waals surface area contributed by atoms with Crippen molar-refractivity contribution in [2.24, 2.45) is 5.92 Å². The summed E-state index contributed by atoms with van der Waals surface area (Å²) in [6.45, 7) is 5.58. The van der Waals surface area contributed by atoms with Gasteiger partial charge in [0.25, 0.3) is 5.91 Å². The summed E-state index contributed by atoms with van der Waals surface area (Å²) >= 11 is 6.26. The molecule has 0 bridgehead atoms. The summed E-state index contributed by atoms with van der Waals surface area (Å²) in [4.78, 5) is 29.8. The number of nitrogens with zero attached hydrogens (tertiary/aromatic N) is 2. The Morgan fingerprint density at radius 1 is 1.42 bits per heavy atom. The highest BCUT2D eigenvalue weighted by Gasteiger charge is 2.66. The maximum absolute atomic E-state index is 15.6. The van der Waals surface area contributed by atoms with E-state index in [0.717, 1.165) is 12.8 Å². The smallest absolute Gasteiger partial charge is 0.264 e. The van der Waals surface area contributed by atoms with Crippen molar-refractivity contribution in [1.82, 2.24) is 4.90 Å². The van der Waals surface area contributed by atoms with Crippen LogP contribution in [0.3, 0.4) is 0 Å². The number of hydrogen-bond donors (Lipinski definition) is 1. The zero-order valence-electron chi connectivity index (χ0n) is 18.4. The van der Waals surface area contributed by atoms with Gasteiger partial charge in [-0.3, -0.25) is 9.59 Å². The summed E-state index contributed by atoms with van der Waals surface area (Å²) in [6, 6.07) is 5.03. The molecule has 2 amide bonds. The number of aliphatic hydroxyl groups is 1. The van der Waals surface area contributed by atoms with Gasteiger partial charge in [0.05, 0.1) is 30.9 Å². The van der Waals surface area contributed by atoms with Crippen molar-refractivity contribution in [2.45, 2.75) is 62.6 Å². The van der Waals surface area contributed by atoms with Crippen molar-refractivity contribution in [1.29, 1.82) is 0 Å². The number of halogens is 2. The summed E-state index contributed by atoms with van der Waals surface area (Å²) < 4.78 is 22.1. The van der Waals surface area contributed by atoms with E-state index in [9.17, 15) is 14.7 Å². The quantitative estimate of drug-likeness (QED) is 0.542. The number of likely N-dealkylation sites (tertiary alicyclic amines) is 1. The molecule has 1 aromatic rings. The molecule has 0 aromatic heterocycles. The second kappa shape index (κ2) is 7.83. The first-order chi connectivity index (χ1) is 14.5. The van der Waals surface area contributed by atoms with E-state index in [1.54, 1.807) is 48.1 Å². The predicted molar refractivity (Wildman–Crippen MR) is 119 cm³/mol. The van der Waals surface area contributed by atoms with Crippen molar-refractivity contribution in [3.8, 4) is 0 Å². The van der Waals surface area contributed by atoms with Crippen LogP contribution >= 0.6 is 11.6 Å². The number of benzene rings is 1. The van der Waals surface area contributed by atoms with Crippen molar-refractivity contribution in [2.75, 3.05) is 25.1 Å². The van der Waals surface area contributed by atoms with Crippen LogP contribution in [0.5, 0.6) is 0 Å².